The third kappa shape index (κ3) is 2.71. The van der Waals surface area contributed by atoms with Gasteiger partial charge in [-0.3, -0.25) is 0 Å². The maximum Gasteiger partial charge on any atom is 0.165 e. The molecule has 1 aromatic carbocycles. The van der Waals surface area contributed by atoms with E-state index in [0.29, 0.717) is 13.2 Å². The number of para-hydroxylation sites is 1. The average molecular weight is 225 g/mol. The molecule has 1 fully saturated rings. The Bertz CT molecular complexity index is 346. The lowest BCUT2D eigenvalue weighted by atomic mass is 10.2. The van der Waals surface area contributed by atoms with Crippen LogP contribution in [0, 0.1) is 5.82 Å². The minimum absolute atomic E-state index is 0.0353. The summed E-state index contributed by atoms with van der Waals surface area (Å²) in [6.45, 7) is 0.924. The van der Waals surface area contributed by atoms with Gasteiger partial charge in [-0.25, -0.2) is 4.39 Å². The van der Waals surface area contributed by atoms with Gasteiger partial charge in [0.1, 0.15) is 6.61 Å². The first kappa shape index (κ1) is 11.4. The second-order valence-electron chi connectivity index (χ2n) is 3.93. The Hall–Kier alpha value is -1.13. The van der Waals surface area contributed by atoms with E-state index in [-0.39, 0.29) is 23.8 Å². The van der Waals surface area contributed by atoms with Gasteiger partial charge in [0.25, 0.3) is 0 Å². The molecule has 2 unspecified atom stereocenters. The first-order valence-electron chi connectivity index (χ1n) is 5.52. The van der Waals surface area contributed by atoms with E-state index in [1.54, 1.807) is 18.2 Å². The van der Waals surface area contributed by atoms with Gasteiger partial charge in [0.15, 0.2) is 11.6 Å². The lowest BCUT2D eigenvalue weighted by molar-refractivity contribution is 0.0214. The van der Waals surface area contributed by atoms with Crippen LogP contribution in [0.5, 0.6) is 5.75 Å². The number of nitrogens with two attached hydrogens (primary N) is 1. The summed E-state index contributed by atoms with van der Waals surface area (Å²) in [7, 11) is 0. The monoisotopic (exact) mass is 225 g/mol. The van der Waals surface area contributed by atoms with Gasteiger partial charge in [-0.05, 0) is 25.0 Å². The van der Waals surface area contributed by atoms with E-state index in [9.17, 15) is 4.39 Å². The SMILES string of the molecule is NCC1CCC(COc2ccccc2F)O1. The molecule has 0 aliphatic carbocycles. The molecule has 0 spiro atoms. The van der Waals surface area contributed by atoms with Crippen molar-refractivity contribution >= 4 is 0 Å². The molecule has 1 heterocycles. The molecule has 0 bridgehead atoms. The van der Waals surface area contributed by atoms with Crippen molar-refractivity contribution in [1.29, 1.82) is 0 Å². The second-order valence-corrected chi connectivity index (χ2v) is 3.93. The molecule has 0 aromatic heterocycles. The molecule has 2 rings (SSSR count). The van der Waals surface area contributed by atoms with Crippen molar-refractivity contribution < 1.29 is 13.9 Å². The predicted octanol–water partition coefficient (Wildman–Crippen LogP) is 1.71. The van der Waals surface area contributed by atoms with Gasteiger partial charge in [-0.2, -0.15) is 0 Å². The van der Waals surface area contributed by atoms with E-state index in [0.717, 1.165) is 12.8 Å². The molecule has 1 aliphatic heterocycles. The Morgan fingerprint density at radius 3 is 2.75 bits per heavy atom. The zero-order chi connectivity index (χ0) is 11.4. The Labute approximate surface area is 94.3 Å². The zero-order valence-electron chi connectivity index (χ0n) is 9.06. The second kappa shape index (κ2) is 5.27. The maximum absolute atomic E-state index is 13.2. The van der Waals surface area contributed by atoms with Crippen LogP contribution in [0.1, 0.15) is 12.8 Å². The van der Waals surface area contributed by atoms with E-state index in [1.807, 2.05) is 0 Å². The van der Waals surface area contributed by atoms with Gasteiger partial charge in [0, 0.05) is 6.54 Å². The number of halogens is 1. The largest absolute Gasteiger partial charge is 0.488 e. The zero-order valence-corrected chi connectivity index (χ0v) is 9.06. The Balaban J connectivity index is 1.82. The molecule has 2 atom stereocenters. The lowest BCUT2D eigenvalue weighted by Crippen LogP contribution is -2.23. The minimum Gasteiger partial charge on any atom is -0.488 e. The predicted molar refractivity (Wildman–Crippen MR) is 58.8 cm³/mol. The van der Waals surface area contributed by atoms with Crippen LogP contribution in [0.3, 0.4) is 0 Å². The van der Waals surface area contributed by atoms with Crippen molar-refractivity contribution in [2.75, 3.05) is 13.2 Å². The van der Waals surface area contributed by atoms with E-state index >= 15 is 0 Å². The molecule has 1 aromatic rings. The summed E-state index contributed by atoms with van der Waals surface area (Å²) >= 11 is 0. The van der Waals surface area contributed by atoms with Crippen molar-refractivity contribution in [2.45, 2.75) is 25.0 Å². The fourth-order valence-corrected chi connectivity index (χ4v) is 1.82. The average Bonchev–Trinajstić information content (AvgIpc) is 2.76. The number of hydrogen-bond acceptors (Lipinski definition) is 3. The van der Waals surface area contributed by atoms with Crippen molar-refractivity contribution in [3.05, 3.63) is 30.1 Å². The highest BCUT2D eigenvalue weighted by atomic mass is 19.1. The van der Waals surface area contributed by atoms with Crippen LogP contribution in [-0.2, 0) is 4.74 Å². The van der Waals surface area contributed by atoms with Crippen molar-refractivity contribution in [3.8, 4) is 5.75 Å². The minimum atomic E-state index is -0.337. The molecule has 88 valence electrons. The van der Waals surface area contributed by atoms with E-state index < -0.39 is 0 Å². The molecular weight excluding hydrogens is 209 g/mol. The number of hydrogen-bond donors (Lipinski definition) is 1. The van der Waals surface area contributed by atoms with Gasteiger partial charge < -0.3 is 15.2 Å². The number of ether oxygens (including phenoxy) is 2. The van der Waals surface area contributed by atoms with E-state index in [1.165, 1.54) is 6.07 Å². The summed E-state index contributed by atoms with van der Waals surface area (Å²) in [4.78, 5) is 0. The van der Waals surface area contributed by atoms with Crippen molar-refractivity contribution in [3.63, 3.8) is 0 Å². The highest BCUT2D eigenvalue weighted by molar-refractivity contribution is 5.23. The maximum atomic E-state index is 13.2. The van der Waals surface area contributed by atoms with Crippen LogP contribution in [0.4, 0.5) is 4.39 Å². The molecular formula is C12H16FNO2. The molecule has 1 aliphatic rings. The summed E-state index contributed by atoms with van der Waals surface area (Å²) in [6, 6.07) is 6.38. The van der Waals surface area contributed by atoms with Crippen molar-refractivity contribution in [2.24, 2.45) is 5.73 Å². The van der Waals surface area contributed by atoms with Crippen LogP contribution >= 0.6 is 0 Å². The van der Waals surface area contributed by atoms with Gasteiger partial charge in [-0.1, -0.05) is 12.1 Å². The van der Waals surface area contributed by atoms with Crippen LogP contribution in [-0.4, -0.2) is 25.4 Å². The van der Waals surface area contributed by atoms with E-state index in [2.05, 4.69) is 0 Å². The standard InChI is InChI=1S/C12H16FNO2/c13-11-3-1-2-4-12(11)15-8-10-6-5-9(7-14)16-10/h1-4,9-10H,5-8,14H2. The number of rotatable bonds is 4. The third-order valence-corrected chi connectivity index (χ3v) is 2.72. The third-order valence-electron chi connectivity index (χ3n) is 2.72. The topological polar surface area (TPSA) is 44.5 Å². The van der Waals surface area contributed by atoms with Crippen LogP contribution < -0.4 is 10.5 Å². The van der Waals surface area contributed by atoms with Crippen LogP contribution in [0.2, 0.25) is 0 Å². The van der Waals surface area contributed by atoms with Crippen LogP contribution in [0.25, 0.3) is 0 Å². The highest BCUT2D eigenvalue weighted by Crippen LogP contribution is 2.21. The van der Waals surface area contributed by atoms with Gasteiger partial charge in [-0.15, -0.1) is 0 Å². The molecule has 16 heavy (non-hydrogen) atoms. The molecule has 2 N–H and O–H groups in total. The molecule has 0 radical (unpaired) electrons. The number of benzene rings is 1. The van der Waals surface area contributed by atoms with Crippen LogP contribution in [0.15, 0.2) is 24.3 Å². The van der Waals surface area contributed by atoms with Gasteiger partial charge in [0.2, 0.25) is 0 Å². The lowest BCUT2D eigenvalue weighted by Gasteiger charge is -2.13. The van der Waals surface area contributed by atoms with Crippen molar-refractivity contribution in [1.82, 2.24) is 0 Å². The summed E-state index contributed by atoms with van der Waals surface area (Å²) in [5.74, 6) is -0.0572. The Morgan fingerprint density at radius 1 is 1.31 bits per heavy atom. The molecule has 1 saturated heterocycles. The fraction of sp³-hybridized carbons (Fsp3) is 0.500. The quantitative estimate of drug-likeness (QED) is 0.848. The first-order valence-corrected chi connectivity index (χ1v) is 5.52. The molecule has 0 saturated carbocycles. The highest BCUT2D eigenvalue weighted by Gasteiger charge is 2.24. The summed E-state index contributed by atoms with van der Waals surface area (Å²) < 4.78 is 24.2. The smallest absolute Gasteiger partial charge is 0.165 e. The first-order chi connectivity index (χ1) is 7.79. The molecule has 4 heteroatoms. The van der Waals surface area contributed by atoms with Gasteiger partial charge >= 0.3 is 0 Å². The molecule has 0 amide bonds. The summed E-state index contributed by atoms with van der Waals surface area (Å²) in [5, 5.41) is 0. The normalized spacial score (nSPS) is 24.6. The fourth-order valence-electron chi connectivity index (χ4n) is 1.82. The van der Waals surface area contributed by atoms with E-state index in [4.69, 9.17) is 15.2 Å². The summed E-state index contributed by atoms with van der Waals surface area (Å²) in [5.41, 5.74) is 5.50. The Morgan fingerprint density at radius 2 is 2.06 bits per heavy atom. The Kier molecular flexibility index (Phi) is 3.74. The summed E-state index contributed by atoms with van der Waals surface area (Å²) in [6.07, 6.45) is 2.06. The van der Waals surface area contributed by atoms with Gasteiger partial charge in [0.05, 0.1) is 12.2 Å². The molecule has 3 nitrogen and oxygen atoms in total.